The zero-order chi connectivity index (χ0) is 19.6. The molecule has 1 aliphatic heterocycles. The minimum absolute atomic E-state index is 0.380. The van der Waals surface area contributed by atoms with Crippen molar-refractivity contribution in [2.24, 2.45) is 0 Å². The molecule has 0 unspecified atom stereocenters. The lowest BCUT2D eigenvalue weighted by Crippen LogP contribution is -2.37. The van der Waals surface area contributed by atoms with Crippen molar-refractivity contribution in [3.05, 3.63) is 57.6 Å². The van der Waals surface area contributed by atoms with Gasteiger partial charge in [-0.2, -0.15) is 0 Å². The minimum Gasteiger partial charge on any atom is -0.349 e. The molecule has 0 atom stereocenters. The van der Waals surface area contributed by atoms with Crippen LogP contribution in [-0.4, -0.2) is 19.3 Å². The monoisotopic (exact) mass is 352 g/mol. The summed E-state index contributed by atoms with van der Waals surface area (Å²) in [5.74, 6) is 0. The number of nitrogens with zero attached hydrogens (tertiary/aromatic N) is 2. The Bertz CT molecular complexity index is 664. The third-order valence-corrected chi connectivity index (χ3v) is 5.33. The van der Waals surface area contributed by atoms with Crippen LogP contribution in [-0.2, 0) is 0 Å². The fourth-order valence-corrected chi connectivity index (χ4v) is 4.61. The van der Waals surface area contributed by atoms with Crippen LogP contribution in [0.3, 0.4) is 0 Å². The summed E-state index contributed by atoms with van der Waals surface area (Å²) in [6, 6.07) is 9.22. The number of benzene rings is 2. The van der Waals surface area contributed by atoms with Crippen LogP contribution in [0.4, 0.5) is 11.4 Å². The molecule has 3 rings (SSSR count). The minimum atomic E-state index is 0.380. The summed E-state index contributed by atoms with van der Waals surface area (Å²) in [6.45, 7) is 21.8. The lowest BCUT2D eigenvalue weighted by Gasteiger charge is -2.33. The van der Waals surface area contributed by atoms with Gasteiger partial charge in [-0.05, 0) is 70.7 Å². The fourth-order valence-electron chi connectivity index (χ4n) is 4.61. The average molecular weight is 353 g/mol. The quantitative estimate of drug-likeness (QED) is 0.631. The lowest BCUT2D eigenvalue weighted by molar-refractivity contribution is 0.726. The standard InChI is InChI=1S/C22H30N2.C2H6/c1-14-10-16(3)21(17(4)11-14)23-8-9-24(20(23)7)22-18(5)12-15(2)13-19(22)6;1-2/h10-13,20H,8-9H2,1-7H3;1-2H3. The van der Waals surface area contributed by atoms with Crippen molar-refractivity contribution in [2.75, 3.05) is 22.9 Å². The second-order valence-electron chi connectivity index (χ2n) is 7.51. The molecule has 0 N–H and O–H groups in total. The molecule has 0 aromatic heterocycles. The van der Waals surface area contributed by atoms with Gasteiger partial charge in [0.25, 0.3) is 0 Å². The Morgan fingerprint density at radius 3 is 1.15 bits per heavy atom. The van der Waals surface area contributed by atoms with Gasteiger partial charge < -0.3 is 9.80 Å². The molecule has 2 nitrogen and oxygen atoms in total. The van der Waals surface area contributed by atoms with E-state index in [2.05, 4.69) is 82.5 Å². The van der Waals surface area contributed by atoms with Crippen LogP contribution in [0.5, 0.6) is 0 Å². The van der Waals surface area contributed by atoms with Crippen LogP contribution in [0.1, 0.15) is 54.2 Å². The van der Waals surface area contributed by atoms with Crippen LogP contribution in [0, 0.1) is 41.5 Å². The molecule has 2 aromatic rings. The highest BCUT2D eigenvalue weighted by Gasteiger charge is 2.31. The molecule has 0 bridgehead atoms. The van der Waals surface area contributed by atoms with Gasteiger partial charge in [-0.25, -0.2) is 0 Å². The second-order valence-corrected chi connectivity index (χ2v) is 7.51. The third-order valence-electron chi connectivity index (χ3n) is 5.33. The van der Waals surface area contributed by atoms with E-state index in [4.69, 9.17) is 0 Å². The molecule has 0 radical (unpaired) electrons. The van der Waals surface area contributed by atoms with Crippen LogP contribution in [0.15, 0.2) is 24.3 Å². The van der Waals surface area contributed by atoms with Gasteiger partial charge >= 0.3 is 0 Å². The van der Waals surface area contributed by atoms with Crippen LogP contribution in [0.2, 0.25) is 0 Å². The number of hydrogen-bond donors (Lipinski definition) is 0. The molecule has 0 aliphatic carbocycles. The molecule has 1 aliphatic rings. The molecule has 1 heterocycles. The molecule has 1 fully saturated rings. The third kappa shape index (κ3) is 3.75. The van der Waals surface area contributed by atoms with Crippen molar-refractivity contribution in [3.63, 3.8) is 0 Å². The predicted octanol–water partition coefficient (Wildman–Crippen LogP) is 6.24. The normalized spacial score (nSPS) is 14.5. The first kappa shape index (κ1) is 20.4. The first-order valence-electron chi connectivity index (χ1n) is 9.98. The smallest absolute Gasteiger partial charge is 0.0988 e. The summed E-state index contributed by atoms with van der Waals surface area (Å²) >= 11 is 0. The lowest BCUT2D eigenvalue weighted by atomic mass is 10.0. The molecule has 1 saturated heterocycles. The molecular formula is C24H36N2. The molecule has 0 spiro atoms. The SMILES string of the molecule is CC.Cc1cc(C)c(N2CCN(c3c(C)cc(C)cc3C)C2C)c(C)c1. The Hall–Kier alpha value is -1.96. The molecule has 2 heteroatoms. The Morgan fingerprint density at radius 1 is 0.615 bits per heavy atom. The van der Waals surface area contributed by atoms with Gasteiger partial charge in [0.1, 0.15) is 0 Å². The Kier molecular flexibility index (Phi) is 6.39. The summed E-state index contributed by atoms with van der Waals surface area (Å²) in [5, 5.41) is 0. The largest absolute Gasteiger partial charge is 0.349 e. The van der Waals surface area contributed by atoms with E-state index >= 15 is 0 Å². The highest BCUT2D eigenvalue weighted by atomic mass is 15.4. The predicted molar refractivity (Wildman–Crippen MR) is 117 cm³/mol. The maximum atomic E-state index is 2.57. The van der Waals surface area contributed by atoms with E-state index in [0.29, 0.717) is 6.17 Å². The van der Waals surface area contributed by atoms with Gasteiger partial charge in [0, 0.05) is 24.5 Å². The van der Waals surface area contributed by atoms with Crippen molar-refractivity contribution in [3.8, 4) is 0 Å². The second kappa shape index (κ2) is 8.16. The van der Waals surface area contributed by atoms with Gasteiger partial charge in [0.05, 0.1) is 6.17 Å². The van der Waals surface area contributed by atoms with Gasteiger partial charge in [-0.15, -0.1) is 0 Å². The van der Waals surface area contributed by atoms with E-state index in [0.717, 1.165) is 13.1 Å². The number of anilines is 2. The zero-order valence-corrected chi connectivity index (χ0v) is 18.2. The Morgan fingerprint density at radius 2 is 0.885 bits per heavy atom. The first-order valence-corrected chi connectivity index (χ1v) is 9.98. The van der Waals surface area contributed by atoms with Gasteiger partial charge in [0.2, 0.25) is 0 Å². The highest BCUT2D eigenvalue weighted by molar-refractivity contribution is 5.67. The molecular weight excluding hydrogens is 316 g/mol. The number of hydrogen-bond acceptors (Lipinski definition) is 2. The number of aryl methyl sites for hydroxylation is 6. The summed E-state index contributed by atoms with van der Waals surface area (Å²) in [6.07, 6.45) is 0.380. The maximum absolute atomic E-state index is 2.57. The van der Waals surface area contributed by atoms with Crippen molar-refractivity contribution >= 4 is 11.4 Å². The summed E-state index contributed by atoms with van der Waals surface area (Å²) in [5.41, 5.74) is 11.1. The van der Waals surface area contributed by atoms with Crippen molar-refractivity contribution in [1.82, 2.24) is 0 Å². The molecule has 2 aromatic carbocycles. The molecule has 142 valence electrons. The van der Waals surface area contributed by atoms with Gasteiger partial charge in [-0.1, -0.05) is 49.2 Å². The van der Waals surface area contributed by atoms with Crippen LogP contribution < -0.4 is 9.80 Å². The van der Waals surface area contributed by atoms with Crippen molar-refractivity contribution in [1.29, 1.82) is 0 Å². The van der Waals surface area contributed by atoms with Crippen molar-refractivity contribution in [2.45, 2.75) is 68.5 Å². The van der Waals surface area contributed by atoms with E-state index in [9.17, 15) is 0 Å². The maximum Gasteiger partial charge on any atom is 0.0988 e. The summed E-state index contributed by atoms with van der Waals surface area (Å²) in [7, 11) is 0. The van der Waals surface area contributed by atoms with E-state index in [-0.39, 0.29) is 0 Å². The summed E-state index contributed by atoms with van der Waals surface area (Å²) < 4.78 is 0. The van der Waals surface area contributed by atoms with E-state index in [1.165, 1.54) is 44.8 Å². The highest BCUT2D eigenvalue weighted by Crippen LogP contribution is 2.36. The van der Waals surface area contributed by atoms with Crippen LogP contribution >= 0.6 is 0 Å². The topological polar surface area (TPSA) is 6.48 Å². The van der Waals surface area contributed by atoms with Gasteiger partial charge in [0.15, 0.2) is 0 Å². The number of rotatable bonds is 2. The van der Waals surface area contributed by atoms with E-state index in [1.54, 1.807) is 0 Å². The summed E-state index contributed by atoms with van der Waals surface area (Å²) in [4.78, 5) is 5.14. The fraction of sp³-hybridized carbons (Fsp3) is 0.500. The Labute approximate surface area is 160 Å². The van der Waals surface area contributed by atoms with Crippen LogP contribution in [0.25, 0.3) is 0 Å². The average Bonchev–Trinajstić information content (AvgIpc) is 2.89. The molecule has 0 amide bonds. The van der Waals surface area contributed by atoms with E-state index < -0.39 is 0 Å². The van der Waals surface area contributed by atoms with Gasteiger partial charge in [-0.3, -0.25) is 0 Å². The molecule has 0 saturated carbocycles. The van der Waals surface area contributed by atoms with E-state index in [1.807, 2.05) is 13.8 Å². The molecule has 26 heavy (non-hydrogen) atoms. The van der Waals surface area contributed by atoms with Crippen molar-refractivity contribution < 1.29 is 0 Å². The first-order chi connectivity index (χ1) is 12.3. The zero-order valence-electron chi connectivity index (χ0n) is 18.2. The Balaban J connectivity index is 0.00000117.